The van der Waals surface area contributed by atoms with Crippen LogP contribution in [0.1, 0.15) is 57.1 Å². The highest BCUT2D eigenvalue weighted by Crippen LogP contribution is 2.29. The number of carbonyl (C=O) groups is 2. The maximum absolute atomic E-state index is 13.5. The molecule has 0 unspecified atom stereocenters. The van der Waals surface area contributed by atoms with Crippen LogP contribution >= 0.6 is 0 Å². The van der Waals surface area contributed by atoms with Crippen LogP contribution in [0.5, 0.6) is 11.5 Å². The molecule has 3 atom stereocenters. The van der Waals surface area contributed by atoms with Crippen LogP contribution in [0.25, 0.3) is 0 Å². The van der Waals surface area contributed by atoms with E-state index in [4.69, 9.17) is 9.47 Å². The molecule has 0 aromatic heterocycles. The van der Waals surface area contributed by atoms with Gasteiger partial charge in [0.1, 0.15) is 17.6 Å². The Morgan fingerprint density at radius 2 is 1.90 bits per heavy atom. The summed E-state index contributed by atoms with van der Waals surface area (Å²) in [5.74, 6) is 1.41. The molecule has 0 saturated heterocycles. The molecule has 224 valence electrons. The average molecular weight is 567 g/mol. The molecule has 1 fully saturated rings. The summed E-state index contributed by atoms with van der Waals surface area (Å²) in [6, 6.07) is 13.2. The Balaban J connectivity index is 1.52. The van der Waals surface area contributed by atoms with Crippen LogP contribution < -0.4 is 20.1 Å². The lowest BCUT2D eigenvalue weighted by molar-refractivity contribution is -0.134. The van der Waals surface area contributed by atoms with Crippen molar-refractivity contribution in [3.63, 3.8) is 0 Å². The Morgan fingerprint density at radius 1 is 1.17 bits per heavy atom. The van der Waals surface area contributed by atoms with E-state index in [2.05, 4.69) is 41.6 Å². The Morgan fingerprint density at radius 3 is 2.59 bits per heavy atom. The molecule has 1 aliphatic heterocycles. The number of fused-ring (bicyclic) bond motifs is 1. The number of ether oxygens (including phenoxy) is 2. The second-order valence-corrected chi connectivity index (χ2v) is 11.7. The summed E-state index contributed by atoms with van der Waals surface area (Å²) in [6.07, 6.45) is 5.44. The van der Waals surface area contributed by atoms with Crippen LogP contribution in [-0.2, 0) is 17.8 Å². The van der Waals surface area contributed by atoms with E-state index in [0.717, 1.165) is 49.1 Å². The molecule has 2 aromatic rings. The van der Waals surface area contributed by atoms with Gasteiger partial charge in [-0.15, -0.1) is 0 Å². The van der Waals surface area contributed by atoms with Crippen LogP contribution in [0.3, 0.4) is 0 Å². The SMILES string of the molecule is COc1ccc(CN(C)C[C@H]2Oc3ccc(NC(=O)NC4CCCCC4)cc3CC(=O)N([C@H](C)CO)C[C@H]2C)cc1. The minimum Gasteiger partial charge on any atom is -0.497 e. The van der Waals surface area contributed by atoms with Gasteiger partial charge in [0.2, 0.25) is 5.91 Å². The highest BCUT2D eigenvalue weighted by Gasteiger charge is 2.31. The highest BCUT2D eigenvalue weighted by molar-refractivity contribution is 5.90. The summed E-state index contributed by atoms with van der Waals surface area (Å²) >= 11 is 0. The second kappa shape index (κ2) is 14.5. The number of aliphatic hydroxyl groups excluding tert-OH is 1. The lowest BCUT2D eigenvalue weighted by atomic mass is 9.96. The van der Waals surface area contributed by atoms with Crippen molar-refractivity contribution < 1.29 is 24.2 Å². The first kappa shape index (κ1) is 30.7. The monoisotopic (exact) mass is 566 g/mol. The first-order valence-electron chi connectivity index (χ1n) is 14.8. The van der Waals surface area contributed by atoms with Crippen LogP contribution in [-0.4, -0.2) is 78.9 Å². The summed E-state index contributed by atoms with van der Waals surface area (Å²) in [6.45, 7) is 5.70. The highest BCUT2D eigenvalue weighted by atomic mass is 16.5. The zero-order chi connectivity index (χ0) is 29.4. The molecule has 3 amide bonds. The van der Waals surface area contributed by atoms with Gasteiger partial charge in [-0.3, -0.25) is 9.69 Å². The number of nitrogens with one attached hydrogen (secondary N) is 2. The summed E-state index contributed by atoms with van der Waals surface area (Å²) in [7, 11) is 3.72. The van der Waals surface area contributed by atoms with E-state index >= 15 is 0 Å². The van der Waals surface area contributed by atoms with Gasteiger partial charge in [0.05, 0.1) is 26.2 Å². The first-order chi connectivity index (χ1) is 19.7. The van der Waals surface area contributed by atoms with Crippen LogP contribution in [0.2, 0.25) is 0 Å². The predicted molar refractivity (Wildman–Crippen MR) is 160 cm³/mol. The molecule has 1 heterocycles. The minimum atomic E-state index is -0.313. The number of rotatable bonds is 9. The smallest absolute Gasteiger partial charge is 0.319 e. The fourth-order valence-electron chi connectivity index (χ4n) is 5.74. The molecule has 3 N–H and O–H groups in total. The number of hydrogen-bond donors (Lipinski definition) is 3. The van der Waals surface area contributed by atoms with E-state index in [9.17, 15) is 14.7 Å². The van der Waals surface area contributed by atoms with E-state index in [-0.39, 0.29) is 49.1 Å². The van der Waals surface area contributed by atoms with Crippen molar-refractivity contribution >= 4 is 17.6 Å². The van der Waals surface area contributed by atoms with Gasteiger partial charge >= 0.3 is 6.03 Å². The fourth-order valence-corrected chi connectivity index (χ4v) is 5.74. The Labute approximate surface area is 244 Å². The van der Waals surface area contributed by atoms with E-state index in [1.165, 1.54) is 6.42 Å². The average Bonchev–Trinajstić information content (AvgIpc) is 3.01. The van der Waals surface area contributed by atoms with E-state index in [1.807, 2.05) is 37.3 Å². The third-order valence-electron chi connectivity index (χ3n) is 8.22. The van der Waals surface area contributed by atoms with E-state index < -0.39 is 0 Å². The molecule has 4 rings (SSSR count). The van der Waals surface area contributed by atoms with Crippen molar-refractivity contribution in [2.75, 3.05) is 39.2 Å². The van der Waals surface area contributed by atoms with Crippen molar-refractivity contribution in [1.29, 1.82) is 0 Å². The van der Waals surface area contributed by atoms with Gasteiger partial charge in [-0.2, -0.15) is 0 Å². The number of urea groups is 1. The molecule has 1 saturated carbocycles. The van der Waals surface area contributed by atoms with Crippen molar-refractivity contribution in [3.05, 3.63) is 53.6 Å². The molecule has 9 heteroatoms. The minimum absolute atomic E-state index is 0.0105. The van der Waals surface area contributed by atoms with Gasteiger partial charge in [-0.05, 0) is 62.7 Å². The van der Waals surface area contributed by atoms with Gasteiger partial charge in [0.25, 0.3) is 0 Å². The number of likely N-dealkylation sites (N-methyl/N-ethyl adjacent to an activating group) is 1. The summed E-state index contributed by atoms with van der Waals surface area (Å²) in [5, 5.41) is 15.9. The number of amides is 3. The van der Waals surface area contributed by atoms with E-state index in [0.29, 0.717) is 24.5 Å². The second-order valence-electron chi connectivity index (χ2n) is 11.7. The summed E-state index contributed by atoms with van der Waals surface area (Å²) in [4.78, 5) is 30.2. The van der Waals surface area contributed by atoms with Gasteiger partial charge in [-0.1, -0.05) is 38.3 Å². The van der Waals surface area contributed by atoms with Crippen LogP contribution in [0.4, 0.5) is 10.5 Å². The van der Waals surface area contributed by atoms with Crippen LogP contribution in [0.15, 0.2) is 42.5 Å². The third kappa shape index (κ3) is 8.60. The van der Waals surface area contributed by atoms with Gasteiger partial charge in [0, 0.05) is 42.8 Å². The molecule has 9 nitrogen and oxygen atoms in total. The normalized spacial score (nSPS) is 20.7. The molecular formula is C32H46N4O5. The number of benzene rings is 2. The number of anilines is 1. The van der Waals surface area contributed by atoms with Crippen molar-refractivity contribution in [2.24, 2.45) is 5.92 Å². The molecule has 2 aromatic carbocycles. The lowest BCUT2D eigenvalue weighted by Gasteiger charge is -2.34. The largest absolute Gasteiger partial charge is 0.497 e. The molecule has 0 radical (unpaired) electrons. The van der Waals surface area contributed by atoms with Crippen molar-refractivity contribution in [2.45, 2.75) is 77.1 Å². The summed E-state index contributed by atoms with van der Waals surface area (Å²) < 4.78 is 11.9. The Bertz CT molecular complexity index is 1150. The summed E-state index contributed by atoms with van der Waals surface area (Å²) in [5.41, 5.74) is 2.51. The zero-order valence-corrected chi connectivity index (χ0v) is 24.9. The number of methoxy groups -OCH3 is 1. The standard InChI is InChI=1S/C32H46N4O5/c1-22-18-36(23(2)21-37)31(38)17-25-16-27(34-32(39)33-26-8-6-5-7-9-26)12-15-29(25)41-30(22)20-35(3)19-24-10-13-28(40-4)14-11-24/h10-16,22-23,26,30,37H,5-9,17-21H2,1-4H3,(H2,33,34,39)/t22-,23-,30-/m1/s1. The van der Waals surface area contributed by atoms with Crippen molar-refractivity contribution in [3.8, 4) is 11.5 Å². The topological polar surface area (TPSA) is 103 Å². The lowest BCUT2D eigenvalue weighted by Crippen LogP contribution is -2.47. The van der Waals surface area contributed by atoms with Gasteiger partial charge in [0.15, 0.2) is 0 Å². The quantitative estimate of drug-likeness (QED) is 0.415. The van der Waals surface area contributed by atoms with Crippen LogP contribution in [0, 0.1) is 5.92 Å². The number of carbonyl (C=O) groups excluding carboxylic acids is 2. The molecule has 41 heavy (non-hydrogen) atoms. The Hall–Kier alpha value is -3.30. The van der Waals surface area contributed by atoms with E-state index in [1.54, 1.807) is 12.0 Å². The number of aliphatic hydroxyl groups is 1. The van der Waals surface area contributed by atoms with Gasteiger partial charge in [-0.25, -0.2) is 4.79 Å². The number of hydrogen-bond acceptors (Lipinski definition) is 6. The number of nitrogens with zero attached hydrogens (tertiary/aromatic N) is 2. The molecule has 2 aliphatic rings. The molecular weight excluding hydrogens is 520 g/mol. The maximum Gasteiger partial charge on any atom is 0.319 e. The first-order valence-corrected chi connectivity index (χ1v) is 14.8. The molecule has 0 bridgehead atoms. The van der Waals surface area contributed by atoms with Gasteiger partial charge < -0.3 is 30.1 Å². The Kier molecular flexibility index (Phi) is 10.9. The molecule has 0 spiro atoms. The maximum atomic E-state index is 13.5. The van der Waals surface area contributed by atoms with Crippen molar-refractivity contribution in [1.82, 2.24) is 15.1 Å². The molecule has 1 aliphatic carbocycles. The zero-order valence-electron chi connectivity index (χ0n) is 24.9. The third-order valence-corrected chi connectivity index (χ3v) is 8.22. The predicted octanol–water partition coefficient (Wildman–Crippen LogP) is 4.43. The fraction of sp³-hybridized carbons (Fsp3) is 0.562.